The van der Waals surface area contributed by atoms with Gasteiger partial charge in [-0.2, -0.15) is 0 Å². The maximum absolute atomic E-state index is 12.3. The van der Waals surface area contributed by atoms with Gasteiger partial charge in [0.05, 0.1) is 5.25 Å². The van der Waals surface area contributed by atoms with Crippen molar-refractivity contribution in [2.45, 2.75) is 63.2 Å². The van der Waals surface area contributed by atoms with E-state index in [0.717, 1.165) is 51.6 Å². The lowest BCUT2D eigenvalue weighted by Crippen LogP contribution is -2.47. The van der Waals surface area contributed by atoms with Crippen molar-refractivity contribution in [3.8, 4) is 0 Å². The maximum Gasteiger partial charge on any atom is 0.220 e. The molecule has 0 aromatic heterocycles. The molecule has 0 aromatic carbocycles. The van der Waals surface area contributed by atoms with Crippen molar-refractivity contribution in [1.82, 2.24) is 14.9 Å². The Morgan fingerprint density at radius 2 is 1.72 bits per heavy atom. The van der Waals surface area contributed by atoms with E-state index in [1.807, 2.05) is 0 Å². The molecule has 2 N–H and O–H groups in total. The van der Waals surface area contributed by atoms with Crippen molar-refractivity contribution in [2.75, 3.05) is 26.2 Å². The van der Waals surface area contributed by atoms with Crippen molar-refractivity contribution in [2.24, 2.45) is 11.8 Å². The highest BCUT2D eigenvalue weighted by Gasteiger charge is 2.41. The highest BCUT2D eigenvalue weighted by molar-refractivity contribution is 7.90. The number of sulfonamides is 1. The predicted molar refractivity (Wildman–Crippen MR) is 101 cm³/mol. The number of nitrogens with zero attached hydrogens (tertiary/aromatic N) is 1. The van der Waals surface area contributed by atoms with Gasteiger partial charge in [0.25, 0.3) is 0 Å². The lowest BCUT2D eigenvalue weighted by Gasteiger charge is -2.32. The fourth-order valence-corrected chi connectivity index (χ4v) is 5.86. The average molecular weight is 394 g/mol. The summed E-state index contributed by atoms with van der Waals surface area (Å²) < 4.78 is 26.1. The zero-order chi connectivity index (χ0) is 17.2. The number of hydrogen-bond donors (Lipinski definition) is 2. The van der Waals surface area contributed by atoms with Crippen molar-refractivity contribution in [3.05, 3.63) is 0 Å². The molecule has 3 aliphatic rings. The Kier molecular flexibility index (Phi) is 7.55. The van der Waals surface area contributed by atoms with Gasteiger partial charge in [0.1, 0.15) is 0 Å². The van der Waals surface area contributed by atoms with E-state index in [9.17, 15) is 13.2 Å². The van der Waals surface area contributed by atoms with Gasteiger partial charge in [-0.05, 0) is 63.5 Å². The first-order chi connectivity index (χ1) is 11.5. The molecule has 146 valence electrons. The molecular formula is C17H32ClN3O3S. The number of nitrogens with one attached hydrogen (secondary N) is 2. The summed E-state index contributed by atoms with van der Waals surface area (Å²) in [5, 5.41) is 6.36. The van der Waals surface area contributed by atoms with Crippen LogP contribution < -0.4 is 10.6 Å². The topological polar surface area (TPSA) is 78.5 Å². The fraction of sp³-hybridized carbons (Fsp3) is 0.941. The third-order valence-corrected chi connectivity index (χ3v) is 8.22. The molecule has 25 heavy (non-hydrogen) atoms. The van der Waals surface area contributed by atoms with Gasteiger partial charge in [0.2, 0.25) is 15.9 Å². The molecule has 1 saturated carbocycles. The molecule has 3 rings (SSSR count). The summed E-state index contributed by atoms with van der Waals surface area (Å²) in [7, 11) is -3.06. The molecule has 8 heteroatoms. The van der Waals surface area contributed by atoms with Crippen LogP contribution in [-0.2, 0) is 14.8 Å². The number of piperidine rings is 2. The van der Waals surface area contributed by atoms with Crippen molar-refractivity contribution < 1.29 is 13.2 Å². The van der Waals surface area contributed by atoms with Crippen LogP contribution in [0, 0.1) is 11.8 Å². The molecule has 2 heterocycles. The Morgan fingerprint density at radius 3 is 2.28 bits per heavy atom. The summed E-state index contributed by atoms with van der Waals surface area (Å²) >= 11 is 0. The van der Waals surface area contributed by atoms with Crippen LogP contribution in [-0.4, -0.2) is 56.1 Å². The molecule has 0 bridgehead atoms. The number of hydrogen-bond acceptors (Lipinski definition) is 4. The zero-order valence-electron chi connectivity index (χ0n) is 15.1. The minimum atomic E-state index is -3.06. The van der Waals surface area contributed by atoms with Gasteiger partial charge in [-0.25, -0.2) is 12.7 Å². The molecule has 2 aliphatic heterocycles. The fourth-order valence-electron chi connectivity index (χ4n) is 3.99. The van der Waals surface area contributed by atoms with Crippen molar-refractivity contribution >= 4 is 28.3 Å². The van der Waals surface area contributed by atoms with E-state index < -0.39 is 10.0 Å². The summed E-state index contributed by atoms with van der Waals surface area (Å²) in [6.45, 7) is 5.40. The molecule has 1 amide bonds. The number of rotatable bonds is 6. The maximum atomic E-state index is 12.3. The summed E-state index contributed by atoms with van der Waals surface area (Å²) in [6.07, 6.45) is 6.00. The highest BCUT2D eigenvalue weighted by Crippen LogP contribution is 2.32. The van der Waals surface area contributed by atoms with Crippen LogP contribution >= 0.6 is 12.4 Å². The van der Waals surface area contributed by atoms with Gasteiger partial charge in [-0.1, -0.05) is 6.92 Å². The second kappa shape index (κ2) is 9.02. The number of carbonyl (C=O) groups is 1. The molecule has 0 radical (unpaired) electrons. The minimum absolute atomic E-state index is 0. The van der Waals surface area contributed by atoms with Crippen LogP contribution in [0.25, 0.3) is 0 Å². The molecule has 0 aromatic rings. The number of carbonyl (C=O) groups excluding carboxylic acids is 1. The molecule has 1 unspecified atom stereocenters. The van der Waals surface area contributed by atoms with Crippen LogP contribution in [0.15, 0.2) is 0 Å². The average Bonchev–Trinajstić information content (AvgIpc) is 3.41. The standard InChI is InChI=1S/C17H31N3O3S.ClH/c1-13(14-4-8-18-9-5-14)12-17(21)19-15-6-10-20(11-7-15)24(22,23)16-2-3-16;/h13-16,18H,2-12H2,1H3,(H,19,21);1H. The van der Waals surface area contributed by atoms with Gasteiger partial charge >= 0.3 is 0 Å². The van der Waals surface area contributed by atoms with Gasteiger partial charge in [-0.3, -0.25) is 4.79 Å². The second-order valence-corrected chi connectivity index (χ2v) is 9.97. The first-order valence-electron chi connectivity index (χ1n) is 9.46. The van der Waals surface area contributed by atoms with E-state index in [0.29, 0.717) is 31.3 Å². The summed E-state index contributed by atoms with van der Waals surface area (Å²) in [6, 6.07) is 0.128. The van der Waals surface area contributed by atoms with Gasteiger partial charge in [0, 0.05) is 25.6 Å². The first kappa shape index (κ1) is 20.9. The Labute approximate surface area is 157 Å². The Hall–Kier alpha value is -0.370. The quantitative estimate of drug-likeness (QED) is 0.716. The lowest BCUT2D eigenvalue weighted by atomic mass is 9.84. The van der Waals surface area contributed by atoms with Crippen LogP contribution in [0.5, 0.6) is 0 Å². The van der Waals surface area contributed by atoms with Crippen LogP contribution in [0.1, 0.15) is 51.9 Å². The summed E-state index contributed by atoms with van der Waals surface area (Å²) in [5.41, 5.74) is 0. The van der Waals surface area contributed by atoms with Crippen LogP contribution in [0.3, 0.4) is 0 Å². The van der Waals surface area contributed by atoms with Crippen molar-refractivity contribution in [1.29, 1.82) is 0 Å². The minimum Gasteiger partial charge on any atom is -0.353 e. The van der Waals surface area contributed by atoms with Crippen LogP contribution in [0.4, 0.5) is 0 Å². The molecular weight excluding hydrogens is 362 g/mol. The van der Waals surface area contributed by atoms with E-state index in [1.54, 1.807) is 4.31 Å². The van der Waals surface area contributed by atoms with Crippen LogP contribution in [0.2, 0.25) is 0 Å². The van der Waals surface area contributed by atoms with E-state index >= 15 is 0 Å². The third kappa shape index (κ3) is 5.55. The van der Waals surface area contributed by atoms with Crippen molar-refractivity contribution in [3.63, 3.8) is 0 Å². The van der Waals surface area contributed by atoms with Gasteiger partial charge < -0.3 is 10.6 Å². The smallest absolute Gasteiger partial charge is 0.220 e. The molecule has 3 fully saturated rings. The largest absolute Gasteiger partial charge is 0.353 e. The number of halogens is 1. The lowest BCUT2D eigenvalue weighted by molar-refractivity contribution is -0.123. The molecule has 1 aliphatic carbocycles. The zero-order valence-corrected chi connectivity index (χ0v) is 16.7. The summed E-state index contributed by atoms with van der Waals surface area (Å²) in [5.74, 6) is 1.19. The predicted octanol–water partition coefficient (Wildman–Crippen LogP) is 1.51. The third-order valence-electron chi connectivity index (χ3n) is 5.82. The van der Waals surface area contributed by atoms with E-state index in [4.69, 9.17) is 0 Å². The van der Waals surface area contributed by atoms with Gasteiger partial charge in [0.15, 0.2) is 0 Å². The molecule has 2 saturated heterocycles. The normalized spacial score (nSPS) is 25.2. The first-order valence-corrected chi connectivity index (χ1v) is 11.0. The highest BCUT2D eigenvalue weighted by atomic mass is 35.5. The van der Waals surface area contributed by atoms with E-state index in [1.165, 1.54) is 0 Å². The Morgan fingerprint density at radius 1 is 1.12 bits per heavy atom. The Bertz CT molecular complexity index is 539. The SMILES string of the molecule is CC(CC(=O)NC1CCN(S(=O)(=O)C2CC2)CC1)C1CCNCC1.Cl. The van der Waals surface area contributed by atoms with E-state index in [2.05, 4.69) is 17.6 Å². The number of amides is 1. The Balaban J connectivity index is 0.00000225. The van der Waals surface area contributed by atoms with E-state index in [-0.39, 0.29) is 29.6 Å². The molecule has 0 spiro atoms. The molecule has 6 nitrogen and oxygen atoms in total. The van der Waals surface area contributed by atoms with Gasteiger partial charge in [-0.15, -0.1) is 12.4 Å². The summed E-state index contributed by atoms with van der Waals surface area (Å²) in [4.78, 5) is 12.3. The molecule has 1 atom stereocenters. The monoisotopic (exact) mass is 393 g/mol. The second-order valence-electron chi connectivity index (χ2n) is 7.75.